The highest BCUT2D eigenvalue weighted by atomic mass is 16.5. The number of hydrogen-bond donors (Lipinski definition) is 2. The first-order valence-electron chi connectivity index (χ1n) is 9.97. The zero-order valence-corrected chi connectivity index (χ0v) is 17.3. The van der Waals surface area contributed by atoms with Gasteiger partial charge in [-0.2, -0.15) is 0 Å². The van der Waals surface area contributed by atoms with Crippen LogP contribution in [0.4, 0.5) is 0 Å². The van der Waals surface area contributed by atoms with Gasteiger partial charge in [0, 0.05) is 18.3 Å². The van der Waals surface area contributed by atoms with Gasteiger partial charge >= 0.3 is 0 Å². The average Bonchev–Trinajstić information content (AvgIpc) is 2.62. The van der Waals surface area contributed by atoms with Crippen LogP contribution in [0.5, 0.6) is 5.75 Å². The molecule has 0 radical (unpaired) electrons. The fourth-order valence-electron chi connectivity index (χ4n) is 3.32. The number of hydrogen-bond acceptors (Lipinski definition) is 5. The maximum Gasteiger partial charge on any atom is 0.231 e. The Balaban J connectivity index is 2.16. The minimum atomic E-state index is -0.340. The van der Waals surface area contributed by atoms with Crippen molar-refractivity contribution >= 4 is 5.91 Å². The Hall–Kier alpha value is -2.31. The molecule has 1 aliphatic carbocycles. The molecule has 6 nitrogen and oxygen atoms in total. The number of likely N-dealkylation sites (N-methyl/N-ethyl adjacent to an activating group) is 1. The van der Waals surface area contributed by atoms with E-state index in [4.69, 9.17) is 10.5 Å². The fraction of sp³-hybridized carbons (Fsp3) is 0.500. The van der Waals surface area contributed by atoms with Gasteiger partial charge in [0.15, 0.2) is 0 Å². The van der Waals surface area contributed by atoms with E-state index in [-0.39, 0.29) is 18.6 Å². The summed E-state index contributed by atoms with van der Waals surface area (Å²) in [4.78, 5) is 15.8. The summed E-state index contributed by atoms with van der Waals surface area (Å²) in [7, 11) is 4.13. The SMILES string of the molecule is C/C=C\C(=C/COc1ccccc1)N(C1CCC1)C(CNCC(N)=O)N(C)C. The minimum Gasteiger partial charge on any atom is -0.489 e. The molecule has 154 valence electrons. The smallest absolute Gasteiger partial charge is 0.231 e. The molecule has 0 spiro atoms. The summed E-state index contributed by atoms with van der Waals surface area (Å²) in [6.45, 7) is 3.37. The molecule has 2 rings (SSSR count). The van der Waals surface area contributed by atoms with E-state index in [0.29, 0.717) is 19.2 Å². The molecule has 1 aromatic carbocycles. The Morgan fingerprint density at radius 1 is 1.32 bits per heavy atom. The third-order valence-electron chi connectivity index (χ3n) is 4.93. The zero-order chi connectivity index (χ0) is 20.4. The van der Waals surface area contributed by atoms with E-state index in [1.807, 2.05) is 37.3 Å². The van der Waals surface area contributed by atoms with Crippen LogP contribution in [-0.4, -0.2) is 61.7 Å². The fourth-order valence-corrected chi connectivity index (χ4v) is 3.32. The van der Waals surface area contributed by atoms with Crippen LogP contribution in [0, 0.1) is 0 Å². The highest BCUT2D eigenvalue weighted by molar-refractivity contribution is 5.75. The van der Waals surface area contributed by atoms with Crippen molar-refractivity contribution in [3.63, 3.8) is 0 Å². The number of benzene rings is 1. The largest absolute Gasteiger partial charge is 0.489 e. The van der Waals surface area contributed by atoms with Crippen LogP contribution in [0.3, 0.4) is 0 Å². The normalized spacial score (nSPS) is 16.2. The van der Waals surface area contributed by atoms with Crippen molar-refractivity contribution in [1.29, 1.82) is 0 Å². The quantitative estimate of drug-likeness (QED) is 0.426. The number of ether oxygens (including phenoxy) is 1. The summed E-state index contributed by atoms with van der Waals surface area (Å²) in [5.74, 6) is 0.522. The number of para-hydroxylation sites is 1. The third-order valence-corrected chi connectivity index (χ3v) is 4.93. The van der Waals surface area contributed by atoms with Crippen LogP contribution >= 0.6 is 0 Å². The van der Waals surface area contributed by atoms with Crippen LogP contribution < -0.4 is 15.8 Å². The molecule has 1 amide bonds. The Labute approximate surface area is 169 Å². The summed E-state index contributed by atoms with van der Waals surface area (Å²) < 4.78 is 5.89. The molecule has 28 heavy (non-hydrogen) atoms. The lowest BCUT2D eigenvalue weighted by molar-refractivity contribution is -0.117. The monoisotopic (exact) mass is 386 g/mol. The molecule has 0 heterocycles. The zero-order valence-electron chi connectivity index (χ0n) is 17.3. The van der Waals surface area contributed by atoms with Gasteiger partial charge in [0.25, 0.3) is 0 Å². The van der Waals surface area contributed by atoms with Gasteiger partial charge < -0.3 is 20.7 Å². The minimum absolute atomic E-state index is 0.115. The third kappa shape index (κ3) is 6.69. The molecule has 6 heteroatoms. The summed E-state index contributed by atoms with van der Waals surface area (Å²) in [5, 5.41) is 3.19. The van der Waals surface area contributed by atoms with Gasteiger partial charge in [-0.3, -0.25) is 9.69 Å². The molecule has 0 aliphatic heterocycles. The van der Waals surface area contributed by atoms with Gasteiger partial charge in [-0.15, -0.1) is 0 Å². The van der Waals surface area contributed by atoms with Gasteiger partial charge in [0.05, 0.1) is 12.7 Å². The van der Waals surface area contributed by atoms with Crippen molar-refractivity contribution in [1.82, 2.24) is 15.1 Å². The lowest BCUT2D eigenvalue weighted by atomic mass is 9.90. The molecule has 1 saturated carbocycles. The van der Waals surface area contributed by atoms with E-state index in [9.17, 15) is 4.79 Å². The molecular weight excluding hydrogens is 352 g/mol. The second-order valence-electron chi connectivity index (χ2n) is 7.29. The van der Waals surface area contributed by atoms with Crippen molar-refractivity contribution in [2.24, 2.45) is 5.73 Å². The molecule has 0 saturated heterocycles. The maximum absolute atomic E-state index is 11.1. The molecule has 1 aromatic rings. The van der Waals surface area contributed by atoms with Crippen LogP contribution in [0.25, 0.3) is 0 Å². The predicted octanol–water partition coefficient (Wildman–Crippen LogP) is 2.34. The number of primary amides is 1. The van der Waals surface area contributed by atoms with Crippen molar-refractivity contribution in [3.8, 4) is 5.75 Å². The summed E-state index contributed by atoms with van der Waals surface area (Å²) in [6, 6.07) is 10.3. The molecule has 1 aliphatic rings. The van der Waals surface area contributed by atoms with E-state index in [2.05, 4.69) is 47.4 Å². The number of nitrogens with zero attached hydrogens (tertiary/aromatic N) is 2. The first kappa shape index (κ1) is 22.0. The Morgan fingerprint density at radius 2 is 2.04 bits per heavy atom. The number of nitrogens with one attached hydrogen (secondary N) is 1. The van der Waals surface area contributed by atoms with Crippen LogP contribution in [0.15, 0.2) is 54.3 Å². The Morgan fingerprint density at radius 3 is 2.57 bits per heavy atom. The number of nitrogens with two attached hydrogens (primary N) is 1. The first-order valence-corrected chi connectivity index (χ1v) is 9.97. The molecule has 0 aromatic heterocycles. The summed E-state index contributed by atoms with van der Waals surface area (Å²) >= 11 is 0. The standard InChI is InChI=1S/C22H34N4O2/c1-4-9-18(14-15-28-20-12-6-5-7-13-20)26(19-10-8-11-19)22(25(2)3)17-24-16-21(23)27/h4-7,9,12-14,19,22,24H,8,10-11,15-17H2,1-3H3,(H2,23,27)/b9-4-,18-14+. The van der Waals surface area contributed by atoms with E-state index >= 15 is 0 Å². The van der Waals surface area contributed by atoms with Gasteiger partial charge in [-0.25, -0.2) is 0 Å². The van der Waals surface area contributed by atoms with Crippen molar-refractivity contribution < 1.29 is 9.53 Å². The van der Waals surface area contributed by atoms with Crippen molar-refractivity contribution in [3.05, 3.63) is 54.3 Å². The Kier molecular flexibility index (Phi) is 9.04. The molecule has 1 fully saturated rings. The van der Waals surface area contributed by atoms with Crippen molar-refractivity contribution in [2.75, 3.05) is 33.8 Å². The van der Waals surface area contributed by atoms with Gasteiger partial charge in [0.2, 0.25) is 5.91 Å². The number of allylic oxidation sites excluding steroid dienone is 2. The second-order valence-corrected chi connectivity index (χ2v) is 7.29. The van der Waals surface area contributed by atoms with Gasteiger partial charge in [0.1, 0.15) is 12.4 Å². The first-order chi connectivity index (χ1) is 13.5. The van der Waals surface area contributed by atoms with E-state index in [1.165, 1.54) is 19.3 Å². The second kappa shape index (κ2) is 11.5. The molecular formula is C22H34N4O2. The molecule has 1 unspecified atom stereocenters. The summed E-state index contributed by atoms with van der Waals surface area (Å²) in [5.41, 5.74) is 6.43. The number of amides is 1. The van der Waals surface area contributed by atoms with Crippen LogP contribution in [0.2, 0.25) is 0 Å². The number of carbonyl (C=O) groups excluding carboxylic acids is 1. The average molecular weight is 387 g/mol. The van der Waals surface area contributed by atoms with Crippen LogP contribution in [-0.2, 0) is 4.79 Å². The number of rotatable bonds is 12. The van der Waals surface area contributed by atoms with E-state index in [1.54, 1.807) is 0 Å². The number of carbonyl (C=O) groups is 1. The summed E-state index contributed by atoms with van der Waals surface area (Å²) in [6.07, 6.45) is 10.0. The Bertz CT molecular complexity index is 654. The van der Waals surface area contributed by atoms with E-state index < -0.39 is 0 Å². The highest BCUT2D eigenvalue weighted by Gasteiger charge is 2.32. The van der Waals surface area contributed by atoms with Crippen molar-refractivity contribution in [2.45, 2.75) is 38.4 Å². The molecule has 1 atom stereocenters. The molecule has 3 N–H and O–H groups in total. The van der Waals surface area contributed by atoms with Gasteiger partial charge in [-0.05, 0) is 64.6 Å². The predicted molar refractivity (Wildman–Crippen MR) is 114 cm³/mol. The van der Waals surface area contributed by atoms with E-state index in [0.717, 1.165) is 11.4 Å². The van der Waals surface area contributed by atoms with Gasteiger partial charge in [-0.1, -0.05) is 24.3 Å². The lowest BCUT2D eigenvalue weighted by Gasteiger charge is -2.47. The topological polar surface area (TPSA) is 70.8 Å². The highest BCUT2D eigenvalue weighted by Crippen LogP contribution is 2.31. The van der Waals surface area contributed by atoms with Crippen LogP contribution in [0.1, 0.15) is 26.2 Å². The molecule has 0 bridgehead atoms. The lowest BCUT2D eigenvalue weighted by Crippen LogP contribution is -2.56. The maximum atomic E-state index is 11.1.